The zero-order valence-electron chi connectivity index (χ0n) is 17.2. The number of carboxylic acid groups (broad SMARTS) is 1. The standard InChI is InChI=1S/C24H22N2O4S/c1-15-3-5-18(6-4-15)24-26-16(2)21(31-24)14-30-19-9-7-17(8-10-19)20(13-22(27)28)23-25-11-12-29-23/h3-12,20H,13-14H2,1-2H3,(H,27,28)/t20-/m0/s1. The third-order valence-electron chi connectivity index (χ3n) is 4.97. The van der Waals surface area contributed by atoms with Gasteiger partial charge in [-0.15, -0.1) is 11.3 Å². The Bertz CT molecular complexity index is 1150. The molecule has 0 spiro atoms. The van der Waals surface area contributed by atoms with Crippen molar-refractivity contribution in [2.45, 2.75) is 32.8 Å². The Morgan fingerprint density at radius 2 is 1.87 bits per heavy atom. The molecule has 0 saturated carbocycles. The Labute approximate surface area is 184 Å². The van der Waals surface area contributed by atoms with E-state index < -0.39 is 11.9 Å². The Morgan fingerprint density at radius 1 is 1.13 bits per heavy atom. The van der Waals surface area contributed by atoms with Gasteiger partial charge in [0, 0.05) is 5.56 Å². The SMILES string of the molecule is Cc1ccc(-c2nc(C)c(COc3ccc([C@H](CC(=O)O)c4ncco4)cc3)s2)cc1. The highest BCUT2D eigenvalue weighted by Gasteiger charge is 2.22. The zero-order chi connectivity index (χ0) is 21.8. The largest absolute Gasteiger partial charge is 0.488 e. The molecule has 0 aliphatic heterocycles. The number of nitrogens with zero attached hydrogens (tertiary/aromatic N) is 2. The fourth-order valence-corrected chi connectivity index (χ4v) is 4.24. The zero-order valence-corrected chi connectivity index (χ0v) is 18.1. The minimum Gasteiger partial charge on any atom is -0.488 e. The van der Waals surface area contributed by atoms with Crippen molar-refractivity contribution in [3.8, 4) is 16.3 Å². The van der Waals surface area contributed by atoms with Crippen molar-refractivity contribution in [3.63, 3.8) is 0 Å². The molecule has 7 heteroatoms. The van der Waals surface area contributed by atoms with Gasteiger partial charge in [-0.2, -0.15) is 0 Å². The number of aliphatic carboxylic acids is 1. The lowest BCUT2D eigenvalue weighted by Gasteiger charge is -2.12. The first-order valence-electron chi connectivity index (χ1n) is 9.87. The molecule has 1 atom stereocenters. The second kappa shape index (κ2) is 9.14. The summed E-state index contributed by atoms with van der Waals surface area (Å²) in [5.74, 6) is -0.258. The molecule has 0 unspecified atom stereocenters. The molecule has 2 heterocycles. The van der Waals surface area contributed by atoms with Crippen molar-refractivity contribution in [1.29, 1.82) is 0 Å². The van der Waals surface area contributed by atoms with E-state index in [9.17, 15) is 9.90 Å². The monoisotopic (exact) mass is 434 g/mol. The van der Waals surface area contributed by atoms with Gasteiger partial charge >= 0.3 is 5.97 Å². The maximum absolute atomic E-state index is 11.3. The van der Waals surface area contributed by atoms with Gasteiger partial charge in [-0.3, -0.25) is 4.79 Å². The summed E-state index contributed by atoms with van der Waals surface area (Å²) in [4.78, 5) is 21.1. The van der Waals surface area contributed by atoms with E-state index in [0.717, 1.165) is 26.7 Å². The average Bonchev–Trinajstić information content (AvgIpc) is 3.41. The second-order valence-corrected chi connectivity index (χ2v) is 8.36. The molecule has 6 nitrogen and oxygen atoms in total. The van der Waals surface area contributed by atoms with Crippen LogP contribution in [0.5, 0.6) is 5.75 Å². The summed E-state index contributed by atoms with van der Waals surface area (Å²) in [7, 11) is 0. The predicted molar refractivity (Wildman–Crippen MR) is 118 cm³/mol. The third-order valence-corrected chi connectivity index (χ3v) is 6.15. The first-order chi connectivity index (χ1) is 15.0. The number of benzene rings is 2. The van der Waals surface area contributed by atoms with Gasteiger partial charge in [0.15, 0.2) is 0 Å². The molecule has 0 bridgehead atoms. The third kappa shape index (κ3) is 5.00. The van der Waals surface area contributed by atoms with Gasteiger partial charge in [-0.1, -0.05) is 42.0 Å². The van der Waals surface area contributed by atoms with Crippen molar-refractivity contribution in [1.82, 2.24) is 9.97 Å². The maximum atomic E-state index is 11.3. The Balaban J connectivity index is 1.45. The highest BCUT2D eigenvalue weighted by atomic mass is 32.1. The number of ether oxygens (including phenoxy) is 1. The summed E-state index contributed by atoms with van der Waals surface area (Å²) in [6.07, 6.45) is 2.87. The van der Waals surface area contributed by atoms with E-state index in [2.05, 4.69) is 41.2 Å². The molecule has 0 fully saturated rings. The van der Waals surface area contributed by atoms with E-state index in [-0.39, 0.29) is 6.42 Å². The first-order valence-corrected chi connectivity index (χ1v) is 10.7. The van der Waals surface area contributed by atoms with E-state index in [1.54, 1.807) is 11.3 Å². The molecule has 31 heavy (non-hydrogen) atoms. The number of hydrogen-bond acceptors (Lipinski definition) is 6. The van der Waals surface area contributed by atoms with Gasteiger partial charge in [0.2, 0.25) is 5.89 Å². The summed E-state index contributed by atoms with van der Waals surface area (Å²) in [6, 6.07) is 15.7. The number of aromatic nitrogens is 2. The number of thiazole rings is 1. The van der Waals surface area contributed by atoms with E-state index in [0.29, 0.717) is 18.2 Å². The number of aryl methyl sites for hydroxylation is 2. The summed E-state index contributed by atoms with van der Waals surface area (Å²) < 4.78 is 11.3. The Morgan fingerprint density at radius 3 is 2.52 bits per heavy atom. The molecular weight excluding hydrogens is 412 g/mol. The average molecular weight is 435 g/mol. The summed E-state index contributed by atoms with van der Waals surface area (Å²) in [5, 5.41) is 10.2. The van der Waals surface area contributed by atoms with E-state index in [1.165, 1.54) is 18.0 Å². The van der Waals surface area contributed by atoms with Crippen LogP contribution < -0.4 is 4.74 Å². The minimum atomic E-state index is -0.909. The van der Waals surface area contributed by atoms with Crippen molar-refractivity contribution in [2.75, 3.05) is 0 Å². The summed E-state index contributed by atoms with van der Waals surface area (Å²) in [5.41, 5.74) is 4.10. The molecule has 1 N–H and O–H groups in total. The highest BCUT2D eigenvalue weighted by Crippen LogP contribution is 2.31. The molecule has 2 aromatic heterocycles. The van der Waals surface area contributed by atoms with E-state index in [1.807, 2.05) is 31.2 Å². The molecule has 4 rings (SSSR count). The number of carbonyl (C=O) groups is 1. The van der Waals surface area contributed by atoms with Crippen molar-refractivity contribution in [3.05, 3.63) is 88.6 Å². The molecule has 0 aliphatic carbocycles. The van der Waals surface area contributed by atoms with Crippen LogP contribution in [0.2, 0.25) is 0 Å². The number of hydrogen-bond donors (Lipinski definition) is 1. The minimum absolute atomic E-state index is 0.0947. The van der Waals surface area contributed by atoms with Crippen LogP contribution >= 0.6 is 11.3 Å². The van der Waals surface area contributed by atoms with Gasteiger partial charge in [0.25, 0.3) is 0 Å². The van der Waals surface area contributed by atoms with Crippen LogP contribution in [-0.2, 0) is 11.4 Å². The predicted octanol–water partition coefficient (Wildman–Crippen LogP) is 5.60. The van der Waals surface area contributed by atoms with Crippen LogP contribution in [0.3, 0.4) is 0 Å². The molecule has 4 aromatic rings. The van der Waals surface area contributed by atoms with Crippen LogP contribution in [0.25, 0.3) is 10.6 Å². The normalized spacial score (nSPS) is 11.9. The van der Waals surface area contributed by atoms with Crippen LogP contribution in [0, 0.1) is 13.8 Å². The topological polar surface area (TPSA) is 85.5 Å². The van der Waals surface area contributed by atoms with Crippen LogP contribution in [0.4, 0.5) is 0 Å². The fourth-order valence-electron chi connectivity index (χ4n) is 3.26. The number of rotatable bonds is 8. The van der Waals surface area contributed by atoms with E-state index >= 15 is 0 Å². The van der Waals surface area contributed by atoms with Gasteiger partial charge in [-0.25, -0.2) is 9.97 Å². The fraction of sp³-hybridized carbons (Fsp3) is 0.208. The van der Waals surface area contributed by atoms with Gasteiger partial charge in [0.1, 0.15) is 23.6 Å². The molecule has 0 radical (unpaired) electrons. The number of oxazole rings is 1. The first kappa shape index (κ1) is 20.8. The lowest BCUT2D eigenvalue weighted by molar-refractivity contribution is -0.137. The summed E-state index contributed by atoms with van der Waals surface area (Å²) in [6.45, 7) is 4.48. The molecule has 158 valence electrons. The Kier molecular flexibility index (Phi) is 6.13. The van der Waals surface area contributed by atoms with Gasteiger partial charge in [-0.05, 0) is 31.5 Å². The molecule has 2 aromatic carbocycles. The highest BCUT2D eigenvalue weighted by molar-refractivity contribution is 7.15. The van der Waals surface area contributed by atoms with Crippen molar-refractivity contribution in [2.24, 2.45) is 0 Å². The molecule has 0 amide bonds. The van der Waals surface area contributed by atoms with Gasteiger partial charge < -0.3 is 14.3 Å². The van der Waals surface area contributed by atoms with Crippen LogP contribution in [0.15, 0.2) is 65.4 Å². The molecular formula is C24H22N2O4S. The quantitative estimate of drug-likeness (QED) is 0.388. The van der Waals surface area contributed by atoms with Gasteiger partial charge in [0.05, 0.1) is 29.1 Å². The van der Waals surface area contributed by atoms with Crippen molar-refractivity contribution < 1.29 is 19.1 Å². The molecule has 0 aliphatic rings. The number of carboxylic acids is 1. The van der Waals surface area contributed by atoms with Crippen molar-refractivity contribution >= 4 is 17.3 Å². The van der Waals surface area contributed by atoms with Crippen LogP contribution in [-0.4, -0.2) is 21.0 Å². The Hall–Kier alpha value is -3.45. The smallest absolute Gasteiger partial charge is 0.304 e. The lowest BCUT2D eigenvalue weighted by atomic mass is 9.95. The van der Waals surface area contributed by atoms with Crippen LogP contribution in [0.1, 0.15) is 39.9 Å². The summed E-state index contributed by atoms with van der Waals surface area (Å²) >= 11 is 1.63. The molecule has 0 saturated heterocycles. The lowest BCUT2D eigenvalue weighted by Crippen LogP contribution is -2.08. The van der Waals surface area contributed by atoms with E-state index in [4.69, 9.17) is 9.15 Å². The maximum Gasteiger partial charge on any atom is 0.304 e. The second-order valence-electron chi connectivity index (χ2n) is 7.27.